The van der Waals surface area contributed by atoms with Crippen molar-refractivity contribution in [1.82, 2.24) is 14.4 Å². The highest BCUT2D eigenvalue weighted by atomic mass is 16.5. The Kier molecular flexibility index (Phi) is 6.07. The van der Waals surface area contributed by atoms with Crippen LogP contribution in [0.5, 0.6) is 0 Å². The van der Waals surface area contributed by atoms with E-state index < -0.39 is 0 Å². The SMILES string of the molecule is CCCn1c2c(c3cc(C(=O)N4CCC(C)CC4)ccc31)CN(C1CCOCC1)CC2. The van der Waals surface area contributed by atoms with Gasteiger partial charge in [0.05, 0.1) is 0 Å². The monoisotopic (exact) mass is 423 g/mol. The second-order valence-corrected chi connectivity index (χ2v) is 9.85. The minimum atomic E-state index is 0.211. The van der Waals surface area contributed by atoms with Crippen molar-refractivity contribution >= 4 is 16.8 Å². The summed E-state index contributed by atoms with van der Waals surface area (Å²) in [4.78, 5) is 18.0. The van der Waals surface area contributed by atoms with Gasteiger partial charge in [-0.1, -0.05) is 13.8 Å². The molecule has 0 N–H and O–H groups in total. The van der Waals surface area contributed by atoms with Crippen LogP contribution in [-0.4, -0.2) is 59.2 Å². The van der Waals surface area contributed by atoms with E-state index in [0.29, 0.717) is 6.04 Å². The molecule has 168 valence electrons. The highest BCUT2D eigenvalue weighted by molar-refractivity contribution is 5.99. The second-order valence-electron chi connectivity index (χ2n) is 9.85. The van der Waals surface area contributed by atoms with Crippen molar-refractivity contribution in [3.8, 4) is 0 Å². The van der Waals surface area contributed by atoms with Crippen LogP contribution in [0.1, 0.15) is 67.6 Å². The summed E-state index contributed by atoms with van der Waals surface area (Å²) in [7, 11) is 0. The number of amides is 1. The zero-order valence-electron chi connectivity index (χ0n) is 19.2. The molecule has 3 aliphatic heterocycles. The lowest BCUT2D eigenvalue weighted by molar-refractivity contribution is 0.0289. The summed E-state index contributed by atoms with van der Waals surface area (Å²) < 4.78 is 8.13. The van der Waals surface area contributed by atoms with Crippen LogP contribution in [0.25, 0.3) is 10.9 Å². The van der Waals surface area contributed by atoms with Gasteiger partial charge in [0.25, 0.3) is 5.91 Å². The summed E-state index contributed by atoms with van der Waals surface area (Å²) >= 11 is 0. The molecule has 2 aromatic rings. The highest BCUT2D eigenvalue weighted by Crippen LogP contribution is 2.34. The molecule has 5 nitrogen and oxygen atoms in total. The van der Waals surface area contributed by atoms with Crippen LogP contribution in [0.2, 0.25) is 0 Å². The van der Waals surface area contributed by atoms with Crippen LogP contribution in [0.4, 0.5) is 0 Å². The Bertz CT molecular complexity index is 936. The summed E-state index contributed by atoms with van der Waals surface area (Å²) in [6, 6.07) is 7.11. The third kappa shape index (κ3) is 4.03. The van der Waals surface area contributed by atoms with Crippen LogP contribution in [0.3, 0.4) is 0 Å². The molecule has 5 rings (SSSR count). The van der Waals surface area contributed by atoms with Gasteiger partial charge in [0.1, 0.15) is 0 Å². The van der Waals surface area contributed by atoms with Gasteiger partial charge < -0.3 is 14.2 Å². The molecular weight excluding hydrogens is 386 g/mol. The summed E-state index contributed by atoms with van der Waals surface area (Å²) in [5.41, 5.74) is 5.13. The molecule has 0 unspecified atom stereocenters. The molecule has 0 bridgehead atoms. The fraction of sp³-hybridized carbons (Fsp3) is 0.654. The number of rotatable bonds is 4. The Morgan fingerprint density at radius 3 is 2.61 bits per heavy atom. The van der Waals surface area contributed by atoms with Gasteiger partial charge in [-0.2, -0.15) is 0 Å². The molecule has 2 saturated heterocycles. The van der Waals surface area contributed by atoms with E-state index in [-0.39, 0.29) is 5.91 Å². The van der Waals surface area contributed by atoms with E-state index >= 15 is 0 Å². The van der Waals surface area contributed by atoms with Gasteiger partial charge in [0.15, 0.2) is 0 Å². The number of aryl methyl sites for hydroxylation is 1. The minimum absolute atomic E-state index is 0.211. The normalized spacial score (nSPS) is 21.5. The van der Waals surface area contributed by atoms with Crippen LogP contribution in [0, 0.1) is 5.92 Å². The lowest BCUT2D eigenvalue weighted by atomic mass is 9.97. The number of aromatic nitrogens is 1. The van der Waals surface area contributed by atoms with Gasteiger partial charge in [-0.05, 0) is 61.8 Å². The average molecular weight is 424 g/mol. The molecule has 0 saturated carbocycles. The van der Waals surface area contributed by atoms with Crippen LogP contribution >= 0.6 is 0 Å². The summed E-state index contributed by atoms with van der Waals surface area (Å²) in [5.74, 6) is 0.945. The maximum atomic E-state index is 13.3. The van der Waals surface area contributed by atoms with Gasteiger partial charge >= 0.3 is 0 Å². The van der Waals surface area contributed by atoms with E-state index in [4.69, 9.17) is 4.74 Å². The largest absolute Gasteiger partial charge is 0.381 e. The third-order valence-electron chi connectivity index (χ3n) is 7.76. The van der Waals surface area contributed by atoms with Gasteiger partial charge in [-0.25, -0.2) is 0 Å². The molecule has 2 fully saturated rings. The van der Waals surface area contributed by atoms with Gasteiger partial charge in [-0.15, -0.1) is 0 Å². The number of hydrogen-bond acceptors (Lipinski definition) is 3. The van der Waals surface area contributed by atoms with E-state index in [2.05, 4.69) is 46.4 Å². The first-order valence-corrected chi connectivity index (χ1v) is 12.4. The zero-order valence-corrected chi connectivity index (χ0v) is 19.2. The quantitative estimate of drug-likeness (QED) is 0.729. The van der Waals surface area contributed by atoms with E-state index in [0.717, 1.165) is 95.9 Å². The number of hydrogen-bond donors (Lipinski definition) is 0. The van der Waals surface area contributed by atoms with Crippen molar-refractivity contribution in [3.05, 3.63) is 35.0 Å². The number of carbonyl (C=O) groups is 1. The average Bonchev–Trinajstić information content (AvgIpc) is 3.12. The molecule has 4 heterocycles. The van der Waals surface area contributed by atoms with E-state index in [1.54, 1.807) is 0 Å². The highest BCUT2D eigenvalue weighted by Gasteiger charge is 2.30. The van der Waals surface area contributed by atoms with Crippen molar-refractivity contribution in [2.75, 3.05) is 32.8 Å². The Hall–Kier alpha value is -1.85. The van der Waals surface area contributed by atoms with Crippen molar-refractivity contribution in [1.29, 1.82) is 0 Å². The number of piperidine rings is 1. The van der Waals surface area contributed by atoms with Crippen molar-refractivity contribution in [3.63, 3.8) is 0 Å². The smallest absolute Gasteiger partial charge is 0.253 e. The van der Waals surface area contributed by atoms with E-state index in [9.17, 15) is 4.79 Å². The number of ether oxygens (including phenoxy) is 1. The van der Waals surface area contributed by atoms with Crippen LogP contribution < -0.4 is 0 Å². The number of benzene rings is 1. The molecule has 0 spiro atoms. The maximum absolute atomic E-state index is 13.3. The Morgan fingerprint density at radius 2 is 1.87 bits per heavy atom. The lowest BCUT2D eigenvalue weighted by Crippen LogP contribution is -2.42. The third-order valence-corrected chi connectivity index (χ3v) is 7.76. The van der Waals surface area contributed by atoms with Crippen molar-refractivity contribution < 1.29 is 9.53 Å². The van der Waals surface area contributed by atoms with Gasteiger partial charge in [-0.3, -0.25) is 9.69 Å². The molecule has 31 heavy (non-hydrogen) atoms. The van der Waals surface area contributed by atoms with E-state index in [1.165, 1.54) is 22.2 Å². The molecule has 1 aromatic carbocycles. The fourth-order valence-electron chi connectivity index (χ4n) is 5.84. The second kappa shape index (κ2) is 8.95. The number of likely N-dealkylation sites (tertiary alicyclic amines) is 1. The van der Waals surface area contributed by atoms with Crippen molar-refractivity contribution in [2.24, 2.45) is 5.92 Å². The standard InChI is InChI=1S/C26H37N3O2/c1-3-11-29-24-5-4-20(26(30)27-12-6-19(2)7-13-27)17-22(24)23-18-28(14-8-25(23)29)21-9-15-31-16-10-21/h4-5,17,19,21H,3,6-16,18H2,1-2H3. The minimum Gasteiger partial charge on any atom is -0.381 e. The predicted octanol–water partition coefficient (Wildman–Crippen LogP) is 4.46. The number of fused-ring (bicyclic) bond motifs is 3. The molecule has 0 radical (unpaired) electrons. The summed E-state index contributed by atoms with van der Waals surface area (Å²) in [6.45, 7) is 11.3. The van der Waals surface area contributed by atoms with Gasteiger partial charge in [0, 0.05) is 80.6 Å². The Labute approximate surface area is 186 Å². The van der Waals surface area contributed by atoms with Crippen LogP contribution in [0.15, 0.2) is 18.2 Å². The number of nitrogens with zero attached hydrogens (tertiary/aromatic N) is 3. The zero-order chi connectivity index (χ0) is 21.4. The number of carbonyl (C=O) groups excluding carboxylic acids is 1. The molecule has 5 heteroatoms. The molecular formula is C26H37N3O2. The Balaban J connectivity index is 1.48. The molecule has 1 aromatic heterocycles. The van der Waals surface area contributed by atoms with Crippen LogP contribution in [-0.2, 0) is 24.2 Å². The van der Waals surface area contributed by atoms with E-state index in [1.807, 2.05) is 0 Å². The van der Waals surface area contributed by atoms with Crippen molar-refractivity contribution in [2.45, 2.75) is 71.5 Å². The predicted molar refractivity (Wildman–Crippen MR) is 124 cm³/mol. The lowest BCUT2D eigenvalue weighted by Gasteiger charge is -2.37. The summed E-state index contributed by atoms with van der Waals surface area (Å²) in [5, 5.41) is 1.30. The van der Waals surface area contributed by atoms with Gasteiger partial charge in [0.2, 0.25) is 0 Å². The molecule has 3 aliphatic rings. The Morgan fingerprint density at radius 1 is 1.10 bits per heavy atom. The molecule has 0 aliphatic carbocycles. The maximum Gasteiger partial charge on any atom is 0.253 e. The first-order chi connectivity index (χ1) is 15.2. The molecule has 0 atom stereocenters. The summed E-state index contributed by atoms with van der Waals surface area (Å²) in [6.07, 6.45) is 6.76. The topological polar surface area (TPSA) is 37.7 Å². The fourth-order valence-corrected chi connectivity index (χ4v) is 5.84. The molecule has 1 amide bonds. The first kappa shape index (κ1) is 21.0. The first-order valence-electron chi connectivity index (χ1n) is 12.4.